The molecular weight excluding hydrogens is 216 g/mol. The van der Waals surface area contributed by atoms with Crippen molar-refractivity contribution < 1.29 is 0 Å². The molecule has 0 aliphatic carbocycles. The average molecular weight is 231 g/mol. The van der Waals surface area contributed by atoms with Gasteiger partial charge in [-0.15, -0.1) is 0 Å². The second-order valence-electron chi connectivity index (χ2n) is 4.22. The van der Waals surface area contributed by atoms with E-state index in [1.165, 1.54) is 11.1 Å². The number of rotatable bonds is 2. The Balaban J connectivity index is 2.60. The van der Waals surface area contributed by atoms with Crippen molar-refractivity contribution in [3.8, 4) is 11.1 Å². The van der Waals surface area contributed by atoms with Crippen LogP contribution in [0.15, 0.2) is 48.5 Å². The predicted molar refractivity (Wildman–Crippen MR) is 71.0 cm³/mol. The minimum atomic E-state index is 0.507. The summed E-state index contributed by atoms with van der Waals surface area (Å²) < 4.78 is 0. The van der Waals surface area contributed by atoms with E-state index < -0.39 is 0 Å². The molecule has 2 aromatic rings. The monoisotopic (exact) mass is 230 g/mol. The average Bonchev–Trinajstić information content (AvgIpc) is 2.29. The van der Waals surface area contributed by atoms with Crippen molar-refractivity contribution in [1.29, 1.82) is 0 Å². The Morgan fingerprint density at radius 1 is 0.812 bits per heavy atom. The fourth-order valence-electron chi connectivity index (χ4n) is 1.93. The maximum absolute atomic E-state index is 6.24. The van der Waals surface area contributed by atoms with E-state index in [1.54, 1.807) is 0 Å². The highest BCUT2D eigenvalue weighted by Crippen LogP contribution is 2.33. The zero-order chi connectivity index (χ0) is 11.5. The first kappa shape index (κ1) is 11.2. The lowest BCUT2D eigenvalue weighted by molar-refractivity contribution is 0.869. The van der Waals surface area contributed by atoms with Crippen LogP contribution in [0, 0.1) is 0 Å². The quantitative estimate of drug-likeness (QED) is 0.671. The molecule has 0 aliphatic heterocycles. The molecule has 0 nitrogen and oxygen atoms in total. The van der Waals surface area contributed by atoms with E-state index in [0.29, 0.717) is 5.92 Å². The van der Waals surface area contributed by atoms with Crippen LogP contribution in [-0.4, -0.2) is 0 Å². The summed E-state index contributed by atoms with van der Waals surface area (Å²) in [5.74, 6) is 0.507. The Hall–Kier alpha value is -1.27. The number of halogens is 1. The molecule has 0 fully saturated rings. The van der Waals surface area contributed by atoms with Gasteiger partial charge in [0.05, 0.1) is 0 Å². The molecule has 0 atom stereocenters. The molecule has 0 unspecified atom stereocenters. The van der Waals surface area contributed by atoms with E-state index in [9.17, 15) is 0 Å². The summed E-state index contributed by atoms with van der Waals surface area (Å²) in [6, 6.07) is 16.4. The number of hydrogen-bond donors (Lipinski definition) is 0. The van der Waals surface area contributed by atoms with Crippen molar-refractivity contribution in [2.24, 2.45) is 0 Å². The molecule has 2 aromatic carbocycles. The largest absolute Gasteiger partial charge is 0.0837 e. The van der Waals surface area contributed by atoms with Crippen molar-refractivity contribution in [2.45, 2.75) is 19.8 Å². The molecule has 0 bridgehead atoms. The third-order valence-electron chi connectivity index (χ3n) is 2.75. The molecule has 0 aromatic heterocycles. The van der Waals surface area contributed by atoms with Crippen LogP contribution in [0.1, 0.15) is 25.3 Å². The Morgan fingerprint density at radius 2 is 1.38 bits per heavy atom. The van der Waals surface area contributed by atoms with Gasteiger partial charge in [-0.1, -0.05) is 67.9 Å². The van der Waals surface area contributed by atoms with Crippen LogP contribution in [0.2, 0.25) is 5.02 Å². The number of hydrogen-bond acceptors (Lipinski definition) is 0. The fraction of sp³-hybridized carbons (Fsp3) is 0.200. The van der Waals surface area contributed by atoms with Gasteiger partial charge in [-0.2, -0.15) is 0 Å². The van der Waals surface area contributed by atoms with Crippen LogP contribution in [-0.2, 0) is 0 Å². The molecule has 2 rings (SSSR count). The summed E-state index contributed by atoms with van der Waals surface area (Å²) >= 11 is 6.24. The van der Waals surface area contributed by atoms with Crippen LogP contribution in [0.5, 0.6) is 0 Å². The third kappa shape index (κ3) is 2.12. The molecule has 0 spiro atoms. The highest BCUT2D eigenvalue weighted by atomic mass is 35.5. The zero-order valence-electron chi connectivity index (χ0n) is 9.57. The standard InChI is InChI=1S/C15H15Cl/c1-11(2)12-7-3-4-8-13(12)14-9-5-6-10-15(14)16/h3-11H,1-2H3. The molecule has 0 heterocycles. The van der Waals surface area contributed by atoms with Gasteiger partial charge in [-0.25, -0.2) is 0 Å². The van der Waals surface area contributed by atoms with Crippen molar-refractivity contribution >= 4 is 11.6 Å². The molecule has 0 N–H and O–H groups in total. The van der Waals surface area contributed by atoms with Crippen LogP contribution in [0.3, 0.4) is 0 Å². The van der Waals surface area contributed by atoms with Crippen LogP contribution >= 0.6 is 11.6 Å². The van der Waals surface area contributed by atoms with Gasteiger partial charge in [0.25, 0.3) is 0 Å². The molecular formula is C15H15Cl. The molecule has 0 aliphatic rings. The SMILES string of the molecule is CC(C)c1ccccc1-c1ccccc1Cl. The lowest BCUT2D eigenvalue weighted by Gasteiger charge is -2.13. The first-order valence-electron chi connectivity index (χ1n) is 5.54. The Bertz CT molecular complexity index is 486. The number of benzene rings is 2. The van der Waals surface area contributed by atoms with E-state index in [-0.39, 0.29) is 0 Å². The van der Waals surface area contributed by atoms with Gasteiger partial charge in [0.2, 0.25) is 0 Å². The first-order valence-corrected chi connectivity index (χ1v) is 5.92. The van der Waals surface area contributed by atoms with E-state index in [2.05, 4.69) is 44.2 Å². The van der Waals surface area contributed by atoms with Crippen molar-refractivity contribution in [3.05, 3.63) is 59.1 Å². The highest BCUT2D eigenvalue weighted by molar-refractivity contribution is 6.33. The van der Waals surface area contributed by atoms with Gasteiger partial charge in [-0.3, -0.25) is 0 Å². The minimum Gasteiger partial charge on any atom is -0.0837 e. The van der Waals surface area contributed by atoms with Gasteiger partial charge in [0, 0.05) is 10.6 Å². The highest BCUT2D eigenvalue weighted by Gasteiger charge is 2.09. The molecule has 1 heteroatoms. The van der Waals surface area contributed by atoms with Crippen LogP contribution < -0.4 is 0 Å². The van der Waals surface area contributed by atoms with E-state index >= 15 is 0 Å². The van der Waals surface area contributed by atoms with E-state index in [4.69, 9.17) is 11.6 Å². The summed E-state index contributed by atoms with van der Waals surface area (Å²) in [5, 5.41) is 0.815. The summed E-state index contributed by atoms with van der Waals surface area (Å²) in [5.41, 5.74) is 3.70. The Morgan fingerprint density at radius 3 is 2.00 bits per heavy atom. The van der Waals surface area contributed by atoms with Crippen molar-refractivity contribution in [3.63, 3.8) is 0 Å². The minimum absolute atomic E-state index is 0.507. The molecule has 16 heavy (non-hydrogen) atoms. The molecule has 0 radical (unpaired) electrons. The zero-order valence-corrected chi connectivity index (χ0v) is 10.3. The molecule has 0 saturated heterocycles. The van der Waals surface area contributed by atoms with E-state index in [0.717, 1.165) is 10.6 Å². The maximum atomic E-state index is 6.24. The summed E-state index contributed by atoms with van der Waals surface area (Å²) in [7, 11) is 0. The van der Waals surface area contributed by atoms with Gasteiger partial charge in [0.15, 0.2) is 0 Å². The van der Waals surface area contributed by atoms with Gasteiger partial charge >= 0.3 is 0 Å². The Kier molecular flexibility index (Phi) is 3.31. The van der Waals surface area contributed by atoms with Gasteiger partial charge in [-0.05, 0) is 23.1 Å². The van der Waals surface area contributed by atoms with Crippen molar-refractivity contribution in [2.75, 3.05) is 0 Å². The van der Waals surface area contributed by atoms with Crippen molar-refractivity contribution in [1.82, 2.24) is 0 Å². The van der Waals surface area contributed by atoms with Crippen LogP contribution in [0.4, 0.5) is 0 Å². The Labute approximate surface area is 102 Å². The summed E-state index contributed by atoms with van der Waals surface area (Å²) in [4.78, 5) is 0. The smallest absolute Gasteiger partial charge is 0.0484 e. The second-order valence-corrected chi connectivity index (χ2v) is 4.63. The van der Waals surface area contributed by atoms with Crippen LogP contribution in [0.25, 0.3) is 11.1 Å². The van der Waals surface area contributed by atoms with Gasteiger partial charge in [0.1, 0.15) is 0 Å². The van der Waals surface area contributed by atoms with E-state index in [1.807, 2.05) is 18.2 Å². The second kappa shape index (κ2) is 4.71. The summed E-state index contributed by atoms with van der Waals surface area (Å²) in [6.07, 6.45) is 0. The fourth-order valence-corrected chi connectivity index (χ4v) is 2.16. The summed E-state index contributed by atoms with van der Waals surface area (Å²) in [6.45, 7) is 4.41. The lowest BCUT2D eigenvalue weighted by Crippen LogP contribution is -1.92. The topological polar surface area (TPSA) is 0 Å². The first-order chi connectivity index (χ1) is 7.70. The normalized spacial score (nSPS) is 10.8. The third-order valence-corrected chi connectivity index (χ3v) is 3.08. The lowest BCUT2D eigenvalue weighted by atomic mass is 9.93. The molecule has 82 valence electrons. The predicted octanol–water partition coefficient (Wildman–Crippen LogP) is 5.13. The molecule has 0 saturated carbocycles. The maximum Gasteiger partial charge on any atom is 0.0484 e. The van der Waals surface area contributed by atoms with Gasteiger partial charge < -0.3 is 0 Å². The molecule has 0 amide bonds.